The van der Waals surface area contributed by atoms with Crippen LogP contribution in [0.1, 0.15) is 23.7 Å². The number of carbonyl (C=O) groups excluding carboxylic acids is 2. The Morgan fingerprint density at radius 3 is 2.52 bits per heavy atom. The lowest BCUT2D eigenvalue weighted by Gasteiger charge is -2.05. The van der Waals surface area contributed by atoms with Gasteiger partial charge in [0.05, 0.1) is 6.42 Å². The van der Waals surface area contributed by atoms with Crippen LogP contribution in [-0.4, -0.2) is 17.5 Å². The van der Waals surface area contributed by atoms with Crippen LogP contribution in [0.2, 0.25) is 0 Å². The summed E-state index contributed by atoms with van der Waals surface area (Å²) in [4.78, 5) is 24.2. The summed E-state index contributed by atoms with van der Waals surface area (Å²) < 4.78 is 5.24. The van der Waals surface area contributed by atoms with E-state index in [2.05, 4.69) is 0 Å². The summed E-state index contributed by atoms with van der Waals surface area (Å²) in [7, 11) is 0. The van der Waals surface area contributed by atoms with Crippen LogP contribution in [-0.2, 0) is 4.79 Å². The molecular weight excluding hydrogens is 284 g/mol. The molecule has 0 amide bonds. The molecule has 4 heteroatoms. The van der Waals surface area contributed by atoms with Gasteiger partial charge in [0.25, 0.3) is 0 Å². The highest BCUT2D eigenvalue weighted by molar-refractivity contribution is 7.99. The van der Waals surface area contributed by atoms with E-state index >= 15 is 0 Å². The number of rotatable bonds is 6. The number of hydrogen-bond acceptors (Lipinski definition) is 4. The van der Waals surface area contributed by atoms with E-state index in [-0.39, 0.29) is 11.8 Å². The van der Waals surface area contributed by atoms with Crippen molar-refractivity contribution in [2.45, 2.75) is 18.2 Å². The monoisotopic (exact) mass is 300 g/mol. The fraction of sp³-hybridized carbons (Fsp3) is 0.176. The van der Waals surface area contributed by atoms with E-state index in [4.69, 9.17) is 4.74 Å². The lowest BCUT2D eigenvalue weighted by Crippen LogP contribution is -2.09. The first-order valence-electron chi connectivity index (χ1n) is 6.64. The second-order valence-electron chi connectivity index (χ2n) is 4.47. The fourth-order valence-electron chi connectivity index (χ4n) is 1.73. The Bertz CT molecular complexity index is 623. The van der Waals surface area contributed by atoms with Gasteiger partial charge in [-0.15, -0.1) is 11.8 Å². The Hall–Kier alpha value is -2.07. The van der Waals surface area contributed by atoms with Gasteiger partial charge in [-0.3, -0.25) is 9.59 Å². The highest BCUT2D eigenvalue weighted by Gasteiger charge is 2.07. The van der Waals surface area contributed by atoms with E-state index in [9.17, 15) is 9.59 Å². The molecule has 0 saturated carbocycles. The zero-order valence-electron chi connectivity index (χ0n) is 11.7. The molecule has 21 heavy (non-hydrogen) atoms. The summed E-state index contributed by atoms with van der Waals surface area (Å²) >= 11 is 1.61. The molecule has 0 aliphatic heterocycles. The molecule has 0 N–H and O–H groups in total. The van der Waals surface area contributed by atoms with Crippen LogP contribution in [0.5, 0.6) is 5.75 Å². The van der Waals surface area contributed by atoms with Crippen molar-refractivity contribution in [2.75, 3.05) is 5.75 Å². The highest BCUT2D eigenvalue weighted by atomic mass is 32.2. The van der Waals surface area contributed by atoms with E-state index < -0.39 is 0 Å². The van der Waals surface area contributed by atoms with Gasteiger partial charge in [-0.05, 0) is 31.2 Å². The molecule has 2 rings (SSSR count). The van der Waals surface area contributed by atoms with Crippen molar-refractivity contribution in [1.82, 2.24) is 0 Å². The first kappa shape index (κ1) is 15.3. The molecule has 0 heterocycles. The van der Waals surface area contributed by atoms with Crippen LogP contribution in [0.25, 0.3) is 0 Å². The van der Waals surface area contributed by atoms with E-state index in [1.54, 1.807) is 36.0 Å². The molecule has 0 unspecified atom stereocenters. The molecule has 0 aliphatic carbocycles. The minimum Gasteiger partial charge on any atom is -0.426 e. The second kappa shape index (κ2) is 7.64. The molecule has 0 aromatic heterocycles. The van der Waals surface area contributed by atoms with E-state index in [1.807, 2.05) is 30.3 Å². The molecule has 0 radical (unpaired) electrons. The third-order valence-corrected chi connectivity index (χ3v) is 3.80. The maximum atomic E-state index is 11.8. The Balaban J connectivity index is 1.82. The quantitative estimate of drug-likeness (QED) is 0.350. The van der Waals surface area contributed by atoms with Crippen LogP contribution < -0.4 is 4.74 Å². The minimum atomic E-state index is -0.292. The first-order chi connectivity index (χ1) is 10.1. The van der Waals surface area contributed by atoms with Gasteiger partial charge in [0.2, 0.25) is 0 Å². The Labute approximate surface area is 128 Å². The molecule has 0 fully saturated rings. The van der Waals surface area contributed by atoms with Gasteiger partial charge in [0.15, 0.2) is 5.78 Å². The molecule has 0 bridgehead atoms. The first-order valence-corrected chi connectivity index (χ1v) is 7.63. The summed E-state index contributed by atoms with van der Waals surface area (Å²) in [5.41, 5.74) is 0.541. The standard InChI is InChI=1S/C17H16O3S/c1-13(18)14-6-5-7-15(12-14)20-17(19)10-11-21-16-8-3-2-4-9-16/h2-9,12H,10-11H2,1H3. The van der Waals surface area contributed by atoms with Crippen molar-refractivity contribution in [3.63, 3.8) is 0 Å². The SMILES string of the molecule is CC(=O)c1cccc(OC(=O)CCSc2ccccc2)c1. The van der Waals surface area contributed by atoms with E-state index in [0.29, 0.717) is 23.5 Å². The van der Waals surface area contributed by atoms with Gasteiger partial charge < -0.3 is 4.74 Å². The largest absolute Gasteiger partial charge is 0.426 e. The lowest BCUT2D eigenvalue weighted by molar-refractivity contribution is -0.133. The molecule has 0 saturated heterocycles. The van der Waals surface area contributed by atoms with Gasteiger partial charge in [-0.1, -0.05) is 30.3 Å². The number of benzene rings is 2. The maximum absolute atomic E-state index is 11.8. The van der Waals surface area contributed by atoms with Gasteiger partial charge in [-0.25, -0.2) is 0 Å². The molecule has 0 spiro atoms. The highest BCUT2D eigenvalue weighted by Crippen LogP contribution is 2.19. The van der Waals surface area contributed by atoms with Crippen molar-refractivity contribution in [2.24, 2.45) is 0 Å². The Kier molecular flexibility index (Phi) is 5.58. The number of ketones is 1. The molecule has 108 valence electrons. The lowest BCUT2D eigenvalue weighted by atomic mass is 10.1. The smallest absolute Gasteiger partial charge is 0.312 e. The second-order valence-corrected chi connectivity index (χ2v) is 5.64. The summed E-state index contributed by atoms with van der Waals surface area (Å²) in [6.45, 7) is 1.48. The van der Waals surface area contributed by atoms with Gasteiger partial charge in [0, 0.05) is 16.2 Å². The number of thioether (sulfide) groups is 1. The number of carbonyl (C=O) groups is 2. The predicted molar refractivity (Wildman–Crippen MR) is 83.9 cm³/mol. The van der Waals surface area contributed by atoms with E-state index in [1.165, 1.54) is 6.92 Å². The predicted octanol–water partition coefficient (Wildman–Crippen LogP) is 3.98. The van der Waals surface area contributed by atoms with Gasteiger partial charge >= 0.3 is 5.97 Å². The Morgan fingerprint density at radius 2 is 1.81 bits per heavy atom. The molecule has 0 aliphatic rings. The number of Topliss-reactive ketones (excluding diaryl/α,β-unsaturated/α-hetero) is 1. The van der Waals surface area contributed by atoms with Crippen LogP contribution in [0.3, 0.4) is 0 Å². The fourth-order valence-corrected chi connectivity index (χ4v) is 2.58. The third-order valence-electron chi connectivity index (χ3n) is 2.79. The van der Waals surface area contributed by atoms with Crippen LogP contribution in [0.15, 0.2) is 59.5 Å². The maximum Gasteiger partial charge on any atom is 0.312 e. The summed E-state index contributed by atoms with van der Waals surface area (Å²) in [6.07, 6.45) is 0.323. The average Bonchev–Trinajstić information content (AvgIpc) is 2.48. The van der Waals surface area contributed by atoms with Crippen LogP contribution in [0, 0.1) is 0 Å². The van der Waals surface area contributed by atoms with Crippen molar-refractivity contribution >= 4 is 23.5 Å². The Morgan fingerprint density at radius 1 is 1.05 bits per heavy atom. The van der Waals surface area contributed by atoms with Crippen molar-refractivity contribution in [3.8, 4) is 5.75 Å². The average molecular weight is 300 g/mol. The van der Waals surface area contributed by atoms with E-state index in [0.717, 1.165) is 4.90 Å². The van der Waals surface area contributed by atoms with Crippen molar-refractivity contribution < 1.29 is 14.3 Å². The number of hydrogen-bond donors (Lipinski definition) is 0. The molecule has 2 aromatic carbocycles. The molecule has 2 aromatic rings. The minimum absolute atomic E-state index is 0.0486. The normalized spacial score (nSPS) is 10.1. The number of esters is 1. The molecule has 0 atom stereocenters. The number of ether oxygens (including phenoxy) is 1. The van der Waals surface area contributed by atoms with Crippen molar-refractivity contribution in [3.05, 3.63) is 60.2 Å². The molecule has 3 nitrogen and oxygen atoms in total. The van der Waals surface area contributed by atoms with Crippen molar-refractivity contribution in [1.29, 1.82) is 0 Å². The van der Waals surface area contributed by atoms with Crippen LogP contribution >= 0.6 is 11.8 Å². The topological polar surface area (TPSA) is 43.4 Å². The van der Waals surface area contributed by atoms with Crippen LogP contribution in [0.4, 0.5) is 0 Å². The summed E-state index contributed by atoms with van der Waals surface area (Å²) in [5, 5.41) is 0. The van der Waals surface area contributed by atoms with Gasteiger partial charge in [-0.2, -0.15) is 0 Å². The zero-order chi connectivity index (χ0) is 15.1. The summed E-state index contributed by atoms with van der Waals surface area (Å²) in [6, 6.07) is 16.6. The zero-order valence-corrected chi connectivity index (χ0v) is 12.6. The third kappa shape index (κ3) is 5.08. The molecular formula is C17H16O3S. The summed E-state index contributed by atoms with van der Waals surface area (Å²) in [5.74, 6) is 0.735. The van der Waals surface area contributed by atoms with Gasteiger partial charge in [0.1, 0.15) is 5.75 Å².